The molecule has 3 rings (SSSR count). The topological polar surface area (TPSA) is 84.0 Å². The molecule has 1 heterocycles. The van der Waals surface area contributed by atoms with Crippen LogP contribution in [-0.2, 0) is 11.3 Å². The van der Waals surface area contributed by atoms with Gasteiger partial charge in [0.25, 0.3) is 5.91 Å². The highest BCUT2D eigenvalue weighted by Gasteiger charge is 2.22. The number of nitrogens with one attached hydrogen (secondary N) is 2. The monoisotopic (exact) mass is 330 g/mol. The van der Waals surface area contributed by atoms with E-state index in [1.807, 2.05) is 30.3 Å². The Morgan fingerprint density at radius 1 is 1.13 bits per heavy atom. The van der Waals surface area contributed by atoms with Gasteiger partial charge in [0.05, 0.1) is 6.54 Å². The van der Waals surface area contributed by atoms with E-state index in [0.29, 0.717) is 22.2 Å². The largest absolute Gasteiger partial charge is 0.349 e. The molecule has 2 amide bonds. The number of rotatable bonds is 5. The average molecular weight is 330 g/mol. The molecule has 7 heteroatoms. The first kappa shape index (κ1) is 15.6. The summed E-state index contributed by atoms with van der Waals surface area (Å²) in [4.78, 5) is 24.1. The molecular formula is C16H18N4O2S. The second kappa shape index (κ2) is 7.32. The van der Waals surface area contributed by atoms with Crippen LogP contribution in [0.3, 0.4) is 0 Å². The first-order chi connectivity index (χ1) is 11.2. The van der Waals surface area contributed by atoms with Gasteiger partial charge in [0, 0.05) is 11.6 Å². The Hall–Kier alpha value is -2.28. The summed E-state index contributed by atoms with van der Waals surface area (Å²) in [7, 11) is 0. The molecule has 1 aliphatic rings. The molecule has 120 valence electrons. The highest BCUT2D eigenvalue weighted by atomic mass is 32.1. The Morgan fingerprint density at radius 2 is 1.87 bits per heavy atom. The SMILES string of the molecule is O=C(Nc1ccccc1)c1nnc(CNC(=O)C2CCCC2)s1. The predicted molar refractivity (Wildman–Crippen MR) is 88.1 cm³/mol. The van der Waals surface area contributed by atoms with E-state index in [4.69, 9.17) is 0 Å². The molecule has 0 spiro atoms. The van der Waals surface area contributed by atoms with E-state index in [2.05, 4.69) is 20.8 Å². The molecular weight excluding hydrogens is 312 g/mol. The number of carbonyl (C=O) groups excluding carboxylic acids is 2. The molecule has 2 N–H and O–H groups in total. The minimum Gasteiger partial charge on any atom is -0.349 e. The highest BCUT2D eigenvalue weighted by Crippen LogP contribution is 2.24. The van der Waals surface area contributed by atoms with Crippen molar-refractivity contribution in [3.63, 3.8) is 0 Å². The smallest absolute Gasteiger partial charge is 0.286 e. The third-order valence-electron chi connectivity index (χ3n) is 3.83. The van der Waals surface area contributed by atoms with Gasteiger partial charge in [-0.05, 0) is 25.0 Å². The van der Waals surface area contributed by atoms with Crippen molar-refractivity contribution < 1.29 is 9.59 Å². The van der Waals surface area contributed by atoms with Gasteiger partial charge in [0.1, 0.15) is 5.01 Å². The second-order valence-corrected chi connectivity index (χ2v) is 6.58. The van der Waals surface area contributed by atoms with Crippen molar-refractivity contribution in [2.45, 2.75) is 32.2 Å². The van der Waals surface area contributed by atoms with E-state index >= 15 is 0 Å². The minimum absolute atomic E-state index is 0.0768. The van der Waals surface area contributed by atoms with Gasteiger partial charge < -0.3 is 10.6 Å². The number of benzene rings is 1. The molecule has 1 fully saturated rings. The quantitative estimate of drug-likeness (QED) is 0.882. The van der Waals surface area contributed by atoms with Crippen molar-refractivity contribution in [3.8, 4) is 0 Å². The Kier molecular flexibility index (Phi) is 4.97. The van der Waals surface area contributed by atoms with Crippen molar-refractivity contribution in [1.82, 2.24) is 15.5 Å². The van der Waals surface area contributed by atoms with E-state index in [1.165, 1.54) is 11.3 Å². The normalized spacial score (nSPS) is 14.6. The number of anilines is 1. The number of aromatic nitrogens is 2. The Morgan fingerprint density at radius 3 is 2.61 bits per heavy atom. The lowest BCUT2D eigenvalue weighted by molar-refractivity contribution is -0.124. The first-order valence-corrected chi connectivity index (χ1v) is 8.50. The third-order valence-corrected chi connectivity index (χ3v) is 4.75. The molecule has 0 radical (unpaired) electrons. The van der Waals surface area contributed by atoms with Gasteiger partial charge in [0.2, 0.25) is 10.9 Å². The lowest BCUT2D eigenvalue weighted by Crippen LogP contribution is -2.28. The average Bonchev–Trinajstić information content (AvgIpc) is 3.25. The van der Waals surface area contributed by atoms with Crippen LogP contribution in [0.4, 0.5) is 5.69 Å². The lowest BCUT2D eigenvalue weighted by Gasteiger charge is -2.08. The van der Waals surface area contributed by atoms with Crippen molar-refractivity contribution in [2.24, 2.45) is 5.92 Å². The Balaban J connectivity index is 1.53. The van der Waals surface area contributed by atoms with Crippen molar-refractivity contribution >= 4 is 28.8 Å². The van der Waals surface area contributed by atoms with Gasteiger partial charge in [-0.15, -0.1) is 10.2 Å². The van der Waals surface area contributed by atoms with Crippen LogP contribution in [0.15, 0.2) is 30.3 Å². The minimum atomic E-state index is -0.290. The maximum absolute atomic E-state index is 12.1. The standard InChI is InChI=1S/C16H18N4O2S/c21-14(11-6-4-5-7-11)17-10-13-19-20-16(23-13)15(22)18-12-8-2-1-3-9-12/h1-3,8-9,11H,4-7,10H2,(H,17,21)(H,18,22). The molecule has 0 aliphatic heterocycles. The first-order valence-electron chi connectivity index (χ1n) is 7.69. The van der Waals surface area contributed by atoms with Crippen LogP contribution in [0.1, 0.15) is 40.5 Å². The van der Waals surface area contributed by atoms with Crippen LogP contribution in [0.2, 0.25) is 0 Å². The highest BCUT2D eigenvalue weighted by molar-refractivity contribution is 7.13. The predicted octanol–water partition coefficient (Wildman–Crippen LogP) is 2.60. The third kappa shape index (κ3) is 4.13. The zero-order valence-corrected chi connectivity index (χ0v) is 13.4. The van der Waals surface area contributed by atoms with Crippen molar-refractivity contribution in [1.29, 1.82) is 0 Å². The summed E-state index contributed by atoms with van der Waals surface area (Å²) in [6, 6.07) is 9.19. The fourth-order valence-electron chi connectivity index (χ4n) is 2.62. The Bertz CT molecular complexity index is 680. The molecule has 1 saturated carbocycles. The van der Waals surface area contributed by atoms with E-state index < -0.39 is 0 Å². The van der Waals surface area contributed by atoms with Gasteiger partial charge in [-0.3, -0.25) is 9.59 Å². The molecule has 2 aromatic rings. The van der Waals surface area contributed by atoms with Gasteiger partial charge in [-0.1, -0.05) is 42.4 Å². The van der Waals surface area contributed by atoms with Crippen LogP contribution < -0.4 is 10.6 Å². The summed E-state index contributed by atoms with van der Waals surface area (Å²) < 4.78 is 0. The number of hydrogen-bond acceptors (Lipinski definition) is 5. The van der Waals surface area contributed by atoms with Crippen LogP contribution in [0.5, 0.6) is 0 Å². The summed E-state index contributed by atoms with van der Waals surface area (Å²) in [5.74, 6) is -0.0844. The molecule has 1 aromatic carbocycles. The van der Waals surface area contributed by atoms with Crippen molar-refractivity contribution in [3.05, 3.63) is 40.3 Å². The summed E-state index contributed by atoms with van der Waals surface area (Å²) in [6.07, 6.45) is 4.18. The molecule has 1 aromatic heterocycles. The van der Waals surface area contributed by atoms with Gasteiger partial charge in [-0.2, -0.15) is 0 Å². The number of amides is 2. The molecule has 23 heavy (non-hydrogen) atoms. The molecule has 0 bridgehead atoms. The molecule has 6 nitrogen and oxygen atoms in total. The summed E-state index contributed by atoms with van der Waals surface area (Å²) in [5.41, 5.74) is 0.712. The second-order valence-electron chi connectivity index (χ2n) is 5.52. The summed E-state index contributed by atoms with van der Waals surface area (Å²) in [5, 5.41) is 14.4. The zero-order chi connectivity index (χ0) is 16.1. The maximum Gasteiger partial charge on any atom is 0.286 e. The lowest BCUT2D eigenvalue weighted by atomic mass is 10.1. The van der Waals surface area contributed by atoms with Crippen LogP contribution in [-0.4, -0.2) is 22.0 Å². The number of carbonyl (C=O) groups is 2. The molecule has 0 saturated heterocycles. The van der Waals surface area contributed by atoms with E-state index in [1.54, 1.807) is 0 Å². The zero-order valence-electron chi connectivity index (χ0n) is 12.6. The Labute approximate surface area is 138 Å². The summed E-state index contributed by atoms with van der Waals surface area (Å²) >= 11 is 1.20. The number of para-hydroxylation sites is 1. The van der Waals surface area contributed by atoms with Crippen LogP contribution in [0, 0.1) is 5.92 Å². The van der Waals surface area contributed by atoms with E-state index in [9.17, 15) is 9.59 Å². The van der Waals surface area contributed by atoms with Crippen molar-refractivity contribution in [2.75, 3.05) is 5.32 Å². The fraction of sp³-hybridized carbons (Fsp3) is 0.375. The van der Waals surface area contributed by atoms with E-state index in [0.717, 1.165) is 25.7 Å². The molecule has 0 atom stereocenters. The molecule has 1 aliphatic carbocycles. The number of nitrogens with zero attached hydrogens (tertiary/aromatic N) is 2. The van der Waals surface area contributed by atoms with Crippen LogP contribution in [0.25, 0.3) is 0 Å². The van der Waals surface area contributed by atoms with E-state index in [-0.39, 0.29) is 17.7 Å². The van der Waals surface area contributed by atoms with Crippen LogP contribution >= 0.6 is 11.3 Å². The number of hydrogen-bond donors (Lipinski definition) is 2. The fourth-order valence-corrected chi connectivity index (χ4v) is 3.29. The van der Waals surface area contributed by atoms with Gasteiger partial charge in [0.15, 0.2) is 0 Å². The maximum atomic E-state index is 12.1. The summed E-state index contributed by atoms with van der Waals surface area (Å²) in [6.45, 7) is 0.325. The van der Waals surface area contributed by atoms with Gasteiger partial charge in [-0.25, -0.2) is 0 Å². The molecule has 0 unspecified atom stereocenters. The van der Waals surface area contributed by atoms with Gasteiger partial charge >= 0.3 is 0 Å².